The fourth-order valence-corrected chi connectivity index (χ4v) is 2.39. The molecule has 1 aromatic carbocycles. The maximum atomic E-state index is 11.9. The molecule has 20 heavy (non-hydrogen) atoms. The van der Waals surface area contributed by atoms with Crippen LogP contribution in [-0.4, -0.2) is 34.7 Å². The van der Waals surface area contributed by atoms with Crippen molar-refractivity contribution in [3.63, 3.8) is 0 Å². The van der Waals surface area contributed by atoms with E-state index in [9.17, 15) is 9.59 Å². The predicted octanol–water partition coefficient (Wildman–Crippen LogP) is 2.96. The summed E-state index contributed by atoms with van der Waals surface area (Å²) in [6.07, 6.45) is 0. The van der Waals surface area contributed by atoms with Gasteiger partial charge in [-0.2, -0.15) is 11.8 Å². The molecule has 1 aromatic rings. The molecule has 1 unspecified atom stereocenters. The Morgan fingerprint density at radius 2 is 2.10 bits per heavy atom. The van der Waals surface area contributed by atoms with E-state index in [1.54, 1.807) is 30.8 Å². The van der Waals surface area contributed by atoms with E-state index in [1.165, 1.54) is 6.07 Å². The highest BCUT2D eigenvalue weighted by Gasteiger charge is 2.15. The zero-order chi connectivity index (χ0) is 15.1. The number of nitrogens with one attached hydrogen (secondary N) is 2. The fourth-order valence-electron chi connectivity index (χ4n) is 1.72. The van der Waals surface area contributed by atoms with Gasteiger partial charge in [-0.3, -0.25) is 0 Å². The summed E-state index contributed by atoms with van der Waals surface area (Å²) in [5.41, 5.74) is 1.15. The number of amides is 2. The molecule has 0 fully saturated rings. The summed E-state index contributed by atoms with van der Waals surface area (Å²) in [5, 5.41) is 14.5. The summed E-state index contributed by atoms with van der Waals surface area (Å²) in [5.74, 6) is 0.761. The Bertz CT molecular complexity index is 491. The van der Waals surface area contributed by atoms with Crippen molar-refractivity contribution in [2.24, 2.45) is 0 Å². The average molecular weight is 296 g/mol. The highest BCUT2D eigenvalue weighted by atomic mass is 32.2. The second kappa shape index (κ2) is 7.79. The van der Waals surface area contributed by atoms with Crippen LogP contribution in [0.2, 0.25) is 0 Å². The molecule has 3 N–H and O–H groups in total. The van der Waals surface area contributed by atoms with Crippen molar-refractivity contribution in [2.45, 2.75) is 26.8 Å². The maximum absolute atomic E-state index is 11.9. The quantitative estimate of drug-likeness (QED) is 0.754. The summed E-state index contributed by atoms with van der Waals surface area (Å²) in [4.78, 5) is 23.0. The number of rotatable bonds is 6. The van der Waals surface area contributed by atoms with E-state index >= 15 is 0 Å². The van der Waals surface area contributed by atoms with Crippen molar-refractivity contribution >= 4 is 29.4 Å². The van der Waals surface area contributed by atoms with E-state index in [0.717, 1.165) is 17.1 Å². The molecule has 0 aliphatic rings. The van der Waals surface area contributed by atoms with Gasteiger partial charge in [-0.05, 0) is 31.2 Å². The van der Waals surface area contributed by atoms with Gasteiger partial charge in [0.15, 0.2) is 0 Å². The van der Waals surface area contributed by atoms with Crippen LogP contribution in [0.3, 0.4) is 0 Å². The van der Waals surface area contributed by atoms with Gasteiger partial charge < -0.3 is 15.7 Å². The van der Waals surface area contributed by atoms with Gasteiger partial charge in [0.25, 0.3) is 0 Å². The van der Waals surface area contributed by atoms with Gasteiger partial charge in [-0.25, -0.2) is 9.59 Å². The Balaban J connectivity index is 2.73. The third kappa shape index (κ3) is 4.77. The summed E-state index contributed by atoms with van der Waals surface area (Å²) < 4.78 is 0. The van der Waals surface area contributed by atoms with Crippen LogP contribution in [0.15, 0.2) is 18.2 Å². The predicted molar refractivity (Wildman–Crippen MR) is 82.8 cm³/mol. The van der Waals surface area contributed by atoms with Gasteiger partial charge in [0.05, 0.1) is 11.3 Å². The van der Waals surface area contributed by atoms with Crippen LogP contribution >= 0.6 is 11.8 Å². The number of urea groups is 1. The molecule has 110 valence electrons. The van der Waals surface area contributed by atoms with Crippen LogP contribution in [0, 0.1) is 6.92 Å². The van der Waals surface area contributed by atoms with E-state index in [4.69, 9.17) is 5.11 Å². The summed E-state index contributed by atoms with van der Waals surface area (Å²) in [6, 6.07) is 4.53. The zero-order valence-electron chi connectivity index (χ0n) is 11.9. The summed E-state index contributed by atoms with van der Waals surface area (Å²) in [6.45, 7) is 5.74. The normalized spacial score (nSPS) is 11.8. The number of aromatic carboxylic acids is 1. The first-order valence-electron chi connectivity index (χ1n) is 6.43. The molecule has 0 aliphatic heterocycles. The molecule has 0 radical (unpaired) electrons. The van der Waals surface area contributed by atoms with Crippen molar-refractivity contribution in [1.29, 1.82) is 0 Å². The lowest BCUT2D eigenvalue weighted by molar-refractivity contribution is 0.0698. The van der Waals surface area contributed by atoms with E-state index in [1.807, 2.05) is 6.92 Å². The molecule has 0 aromatic heterocycles. The monoisotopic (exact) mass is 296 g/mol. The van der Waals surface area contributed by atoms with Crippen LogP contribution < -0.4 is 10.6 Å². The van der Waals surface area contributed by atoms with Crippen LogP contribution in [0.25, 0.3) is 0 Å². The molecule has 0 heterocycles. The highest BCUT2D eigenvalue weighted by molar-refractivity contribution is 7.99. The number of para-hydroxylation sites is 1. The van der Waals surface area contributed by atoms with Gasteiger partial charge in [0.2, 0.25) is 0 Å². The van der Waals surface area contributed by atoms with Crippen molar-refractivity contribution in [1.82, 2.24) is 5.32 Å². The largest absolute Gasteiger partial charge is 0.478 e. The number of benzene rings is 1. The lowest BCUT2D eigenvalue weighted by Crippen LogP contribution is -2.38. The number of carbonyl (C=O) groups excluding carboxylic acids is 1. The minimum atomic E-state index is -1.06. The summed E-state index contributed by atoms with van der Waals surface area (Å²) in [7, 11) is 0. The second-order valence-electron chi connectivity index (χ2n) is 4.46. The molecule has 1 rings (SSSR count). The van der Waals surface area contributed by atoms with E-state index < -0.39 is 5.97 Å². The number of carbonyl (C=O) groups is 2. The number of carboxylic acids is 1. The van der Waals surface area contributed by atoms with Crippen LogP contribution in [-0.2, 0) is 0 Å². The van der Waals surface area contributed by atoms with Crippen molar-refractivity contribution < 1.29 is 14.7 Å². The molecule has 6 heteroatoms. The molecule has 0 saturated carbocycles. The minimum Gasteiger partial charge on any atom is -0.478 e. The Kier molecular flexibility index (Phi) is 6.38. The standard InChI is InChI=1S/C14H20N2O3S/c1-4-20-8-10(3)15-14(19)16-12-9(2)6-5-7-11(12)13(17)18/h5-7,10H,4,8H2,1-3H3,(H,17,18)(H2,15,16,19). The number of hydrogen-bond acceptors (Lipinski definition) is 3. The second-order valence-corrected chi connectivity index (χ2v) is 5.78. The fraction of sp³-hybridized carbons (Fsp3) is 0.429. The molecule has 2 amide bonds. The first kappa shape index (κ1) is 16.4. The average Bonchev–Trinajstić information content (AvgIpc) is 2.38. The molecule has 0 saturated heterocycles. The van der Waals surface area contributed by atoms with Gasteiger partial charge >= 0.3 is 12.0 Å². The lowest BCUT2D eigenvalue weighted by atomic mass is 10.1. The van der Waals surface area contributed by atoms with Crippen molar-refractivity contribution in [3.05, 3.63) is 29.3 Å². The number of thioether (sulfide) groups is 1. The number of aryl methyl sites for hydroxylation is 1. The maximum Gasteiger partial charge on any atom is 0.337 e. The first-order valence-corrected chi connectivity index (χ1v) is 7.59. The van der Waals surface area contributed by atoms with Crippen LogP contribution in [0.1, 0.15) is 29.8 Å². The molecule has 1 atom stereocenters. The molecule has 5 nitrogen and oxygen atoms in total. The Labute approximate surface area is 123 Å². The summed E-state index contributed by atoms with van der Waals surface area (Å²) >= 11 is 1.74. The topological polar surface area (TPSA) is 78.4 Å². The van der Waals surface area contributed by atoms with E-state index in [0.29, 0.717) is 5.69 Å². The van der Waals surface area contributed by atoms with Gasteiger partial charge in [-0.1, -0.05) is 19.1 Å². The third-order valence-corrected chi connectivity index (χ3v) is 3.84. The smallest absolute Gasteiger partial charge is 0.337 e. The van der Waals surface area contributed by atoms with Crippen LogP contribution in [0.5, 0.6) is 0 Å². The van der Waals surface area contributed by atoms with Crippen molar-refractivity contribution in [3.8, 4) is 0 Å². The Morgan fingerprint density at radius 3 is 2.70 bits per heavy atom. The van der Waals surface area contributed by atoms with Crippen LogP contribution in [0.4, 0.5) is 10.5 Å². The van der Waals surface area contributed by atoms with E-state index in [-0.39, 0.29) is 17.6 Å². The molecule has 0 spiro atoms. The molecule has 0 aliphatic carbocycles. The Morgan fingerprint density at radius 1 is 1.40 bits per heavy atom. The first-order chi connectivity index (χ1) is 9.45. The van der Waals surface area contributed by atoms with E-state index in [2.05, 4.69) is 17.6 Å². The molecular weight excluding hydrogens is 276 g/mol. The molecular formula is C14H20N2O3S. The van der Waals surface area contributed by atoms with Gasteiger partial charge in [0, 0.05) is 11.8 Å². The minimum absolute atomic E-state index is 0.0252. The van der Waals surface area contributed by atoms with Gasteiger partial charge in [0.1, 0.15) is 0 Å². The van der Waals surface area contributed by atoms with Crippen molar-refractivity contribution in [2.75, 3.05) is 16.8 Å². The number of carboxylic acid groups (broad SMARTS) is 1. The lowest BCUT2D eigenvalue weighted by Gasteiger charge is -2.16. The zero-order valence-corrected chi connectivity index (χ0v) is 12.7. The SMILES string of the molecule is CCSCC(C)NC(=O)Nc1c(C)cccc1C(=O)O. The Hall–Kier alpha value is -1.69. The molecule has 0 bridgehead atoms. The highest BCUT2D eigenvalue weighted by Crippen LogP contribution is 2.20. The third-order valence-electron chi connectivity index (χ3n) is 2.69. The van der Waals surface area contributed by atoms with Gasteiger partial charge in [-0.15, -0.1) is 0 Å². The number of hydrogen-bond donors (Lipinski definition) is 3. The number of anilines is 1.